The highest BCUT2D eigenvalue weighted by atomic mass is 16.5. The van der Waals surface area contributed by atoms with E-state index >= 15 is 0 Å². The van der Waals surface area contributed by atoms with E-state index in [1.165, 1.54) is 36.0 Å². The highest BCUT2D eigenvalue weighted by molar-refractivity contribution is 5.83. The van der Waals surface area contributed by atoms with Gasteiger partial charge in [0.1, 0.15) is 0 Å². The number of ether oxygens (including phenoxy) is 1. The Morgan fingerprint density at radius 3 is 2.10 bits per heavy atom. The molecule has 166 valence electrons. The number of rotatable bonds is 7. The molecule has 2 rings (SSSR count). The number of allylic oxidation sites excluding steroid dienone is 3. The van der Waals surface area contributed by atoms with Crippen LogP contribution < -0.4 is 0 Å². The van der Waals surface area contributed by atoms with Crippen molar-refractivity contribution in [3.05, 3.63) is 58.7 Å². The molecular formula is C28H42O2. The Hall–Kier alpha value is -1.83. The van der Waals surface area contributed by atoms with E-state index in [2.05, 4.69) is 78.8 Å². The molecule has 0 N–H and O–H groups in total. The van der Waals surface area contributed by atoms with Gasteiger partial charge in [-0.05, 0) is 65.7 Å². The number of hydrogen-bond acceptors (Lipinski definition) is 2. The van der Waals surface area contributed by atoms with Crippen LogP contribution in [0.15, 0.2) is 42.0 Å². The fraction of sp³-hybridized carbons (Fsp3) is 0.607. The summed E-state index contributed by atoms with van der Waals surface area (Å²) in [6.45, 7) is 20.3. The fourth-order valence-corrected chi connectivity index (χ4v) is 4.26. The molecular weight excluding hydrogens is 368 g/mol. The average Bonchev–Trinajstić information content (AvgIpc) is 3.33. The topological polar surface area (TPSA) is 26.3 Å². The molecule has 0 aromatic heterocycles. The van der Waals surface area contributed by atoms with Gasteiger partial charge in [0.2, 0.25) is 0 Å². The Bertz CT molecular complexity index is 782. The predicted octanol–water partition coefficient (Wildman–Crippen LogP) is 7.41. The third kappa shape index (κ3) is 5.86. The Morgan fingerprint density at radius 1 is 1.07 bits per heavy atom. The normalized spacial score (nSPS) is 22.4. The first kappa shape index (κ1) is 24.4. The molecule has 0 aliphatic heterocycles. The zero-order chi connectivity index (χ0) is 22.7. The number of hydrogen-bond donors (Lipinski definition) is 0. The lowest BCUT2D eigenvalue weighted by atomic mass is 9.76. The van der Waals surface area contributed by atoms with Gasteiger partial charge in [-0.3, -0.25) is 0 Å². The number of carbonyl (C=O) groups excluding carboxylic acids is 1. The SMILES string of the molecule is CCC[C@]1(c2cc(C(C)(C)C)cc(C(C)(C)C)c2)C[C@H]1/C=C/C(C)=C/C(=O)OCC. The van der Waals surface area contributed by atoms with Gasteiger partial charge in [0, 0.05) is 11.5 Å². The first-order valence-corrected chi connectivity index (χ1v) is 11.5. The quantitative estimate of drug-likeness (QED) is 0.266. The van der Waals surface area contributed by atoms with Crippen molar-refractivity contribution in [3.8, 4) is 0 Å². The second-order valence-corrected chi connectivity index (χ2v) is 11.0. The van der Waals surface area contributed by atoms with Crippen LogP contribution >= 0.6 is 0 Å². The molecule has 0 saturated heterocycles. The van der Waals surface area contributed by atoms with E-state index in [4.69, 9.17) is 4.74 Å². The smallest absolute Gasteiger partial charge is 0.330 e. The highest BCUT2D eigenvalue weighted by Crippen LogP contribution is 2.59. The molecule has 2 heteroatoms. The molecule has 1 aliphatic rings. The summed E-state index contributed by atoms with van der Waals surface area (Å²) in [4.78, 5) is 11.7. The molecule has 1 aromatic rings. The zero-order valence-corrected chi connectivity index (χ0v) is 20.7. The summed E-state index contributed by atoms with van der Waals surface area (Å²) < 4.78 is 5.02. The third-order valence-electron chi connectivity index (χ3n) is 6.29. The lowest BCUT2D eigenvalue weighted by molar-refractivity contribution is -0.137. The molecule has 2 nitrogen and oxygen atoms in total. The van der Waals surface area contributed by atoms with Gasteiger partial charge in [0.15, 0.2) is 0 Å². The van der Waals surface area contributed by atoms with Gasteiger partial charge in [-0.2, -0.15) is 0 Å². The van der Waals surface area contributed by atoms with Crippen molar-refractivity contribution in [2.45, 2.75) is 97.8 Å². The summed E-state index contributed by atoms with van der Waals surface area (Å²) in [5, 5.41) is 0. The van der Waals surface area contributed by atoms with Crippen LogP contribution in [0.5, 0.6) is 0 Å². The van der Waals surface area contributed by atoms with Crippen LogP contribution in [0.3, 0.4) is 0 Å². The largest absolute Gasteiger partial charge is 0.463 e. The van der Waals surface area contributed by atoms with Crippen molar-refractivity contribution < 1.29 is 9.53 Å². The van der Waals surface area contributed by atoms with Gasteiger partial charge in [-0.1, -0.05) is 85.2 Å². The maximum absolute atomic E-state index is 11.7. The van der Waals surface area contributed by atoms with E-state index < -0.39 is 0 Å². The summed E-state index contributed by atoms with van der Waals surface area (Å²) in [6.07, 6.45) is 9.54. The van der Waals surface area contributed by atoms with E-state index in [1.807, 2.05) is 13.8 Å². The summed E-state index contributed by atoms with van der Waals surface area (Å²) in [5.74, 6) is 0.258. The van der Waals surface area contributed by atoms with Crippen LogP contribution in [0.1, 0.15) is 98.3 Å². The van der Waals surface area contributed by atoms with Crippen LogP contribution in [0.2, 0.25) is 0 Å². The lowest BCUT2D eigenvalue weighted by Gasteiger charge is -2.28. The number of esters is 1. The Morgan fingerprint density at radius 2 is 1.63 bits per heavy atom. The van der Waals surface area contributed by atoms with Crippen LogP contribution in [0, 0.1) is 5.92 Å². The first-order chi connectivity index (χ1) is 13.8. The maximum atomic E-state index is 11.7. The summed E-state index contributed by atoms with van der Waals surface area (Å²) in [6, 6.07) is 7.32. The monoisotopic (exact) mass is 410 g/mol. The average molecular weight is 411 g/mol. The maximum Gasteiger partial charge on any atom is 0.330 e. The Kier molecular flexibility index (Phi) is 7.43. The predicted molar refractivity (Wildman–Crippen MR) is 128 cm³/mol. The van der Waals surface area contributed by atoms with Gasteiger partial charge in [0.25, 0.3) is 0 Å². The van der Waals surface area contributed by atoms with Crippen molar-refractivity contribution in [3.63, 3.8) is 0 Å². The first-order valence-electron chi connectivity index (χ1n) is 11.5. The summed E-state index contributed by atoms with van der Waals surface area (Å²) >= 11 is 0. The van der Waals surface area contributed by atoms with E-state index in [-0.39, 0.29) is 22.2 Å². The summed E-state index contributed by atoms with van der Waals surface area (Å²) in [5.41, 5.74) is 5.76. The molecule has 0 radical (unpaired) electrons. The summed E-state index contributed by atoms with van der Waals surface area (Å²) in [7, 11) is 0. The lowest BCUT2D eigenvalue weighted by Crippen LogP contribution is -2.20. The van der Waals surface area contributed by atoms with E-state index in [0.29, 0.717) is 12.5 Å². The van der Waals surface area contributed by atoms with Gasteiger partial charge in [0.05, 0.1) is 6.61 Å². The Balaban J connectivity index is 2.39. The van der Waals surface area contributed by atoms with Gasteiger partial charge in [-0.15, -0.1) is 0 Å². The van der Waals surface area contributed by atoms with E-state index in [0.717, 1.165) is 5.57 Å². The van der Waals surface area contributed by atoms with Gasteiger partial charge in [-0.25, -0.2) is 4.79 Å². The zero-order valence-electron chi connectivity index (χ0n) is 20.7. The molecule has 1 aromatic carbocycles. The highest BCUT2D eigenvalue weighted by Gasteiger charge is 2.53. The van der Waals surface area contributed by atoms with Crippen molar-refractivity contribution in [2.24, 2.45) is 5.92 Å². The molecule has 1 fully saturated rings. The molecule has 0 amide bonds. The minimum atomic E-state index is -0.261. The molecule has 0 heterocycles. The molecule has 1 saturated carbocycles. The third-order valence-corrected chi connectivity index (χ3v) is 6.29. The molecule has 30 heavy (non-hydrogen) atoms. The molecule has 0 unspecified atom stereocenters. The second-order valence-electron chi connectivity index (χ2n) is 11.0. The number of carbonyl (C=O) groups is 1. The Labute approximate surface area is 184 Å². The van der Waals surface area contributed by atoms with E-state index in [1.54, 1.807) is 6.08 Å². The number of benzene rings is 1. The van der Waals surface area contributed by atoms with Crippen LogP contribution in [0.25, 0.3) is 0 Å². The minimum absolute atomic E-state index is 0.128. The standard InChI is InChI=1S/C28H42O2/c1-10-14-28(19-21(28)13-12-20(3)15-25(29)30-11-2)24-17-22(26(4,5)6)16-23(18-24)27(7,8)9/h12-13,15-18,21H,10-11,14,19H2,1-9H3/b13-12+,20-15+/t21-,28+/m1/s1. The van der Waals surface area contributed by atoms with Crippen molar-refractivity contribution >= 4 is 5.97 Å². The molecule has 0 bridgehead atoms. The van der Waals surface area contributed by atoms with Crippen LogP contribution in [0.4, 0.5) is 0 Å². The minimum Gasteiger partial charge on any atom is -0.463 e. The van der Waals surface area contributed by atoms with Crippen molar-refractivity contribution in [1.29, 1.82) is 0 Å². The van der Waals surface area contributed by atoms with Crippen LogP contribution in [-0.4, -0.2) is 12.6 Å². The van der Waals surface area contributed by atoms with Gasteiger partial charge < -0.3 is 4.74 Å². The van der Waals surface area contributed by atoms with Crippen molar-refractivity contribution in [1.82, 2.24) is 0 Å². The van der Waals surface area contributed by atoms with Gasteiger partial charge >= 0.3 is 5.97 Å². The molecule has 2 atom stereocenters. The fourth-order valence-electron chi connectivity index (χ4n) is 4.26. The molecule has 1 aliphatic carbocycles. The van der Waals surface area contributed by atoms with Crippen LogP contribution in [-0.2, 0) is 25.8 Å². The van der Waals surface area contributed by atoms with Crippen molar-refractivity contribution in [2.75, 3.05) is 6.61 Å². The second kappa shape index (κ2) is 9.12. The van der Waals surface area contributed by atoms with E-state index in [9.17, 15) is 4.79 Å². The molecule has 0 spiro atoms.